The van der Waals surface area contributed by atoms with Crippen molar-refractivity contribution < 1.29 is 32.2 Å². The number of ether oxygens (including phenoxy) is 4. The molecule has 0 fully saturated rings. The van der Waals surface area contributed by atoms with Gasteiger partial charge in [-0.15, -0.1) is 23.2 Å². The lowest BCUT2D eigenvalue weighted by Crippen LogP contribution is -2.34. The number of carbonyl (C=O) groups excluding carboxylic acids is 1. The first-order valence-electron chi connectivity index (χ1n) is 9.85. The molecule has 0 aromatic heterocycles. The van der Waals surface area contributed by atoms with E-state index in [9.17, 15) is 13.2 Å². The summed E-state index contributed by atoms with van der Waals surface area (Å²) in [7, 11) is -1.33. The first-order chi connectivity index (χ1) is 15.8. The van der Waals surface area contributed by atoms with Crippen LogP contribution in [0.25, 0.3) is 6.08 Å². The number of hydrogen-bond acceptors (Lipinski definition) is 7. The van der Waals surface area contributed by atoms with Crippen LogP contribution < -0.4 is 18.9 Å². The van der Waals surface area contributed by atoms with Crippen LogP contribution in [0, 0.1) is 0 Å². The van der Waals surface area contributed by atoms with Crippen molar-refractivity contribution in [1.29, 1.82) is 0 Å². The van der Waals surface area contributed by atoms with E-state index in [-0.39, 0.29) is 53.6 Å². The molecule has 3 rings (SSSR count). The normalized spacial score (nSPS) is 13.0. The molecular formula is C22H23Cl2NO7S. The van der Waals surface area contributed by atoms with Crippen LogP contribution in [0.1, 0.15) is 15.9 Å². The standard InChI is InChI=1S/C22H23Cl2NO7S/c1-29-19-13-21(30-2)22(33(27,28)25(9-7-23)10-8-24)12-16(19)17(26)5-3-15-4-6-18-20(11-15)32-14-31-18/h3-6,11-13H,7-10,14H2,1-2H3/b5-3+. The number of nitrogens with zero attached hydrogens (tertiary/aromatic N) is 1. The fourth-order valence-electron chi connectivity index (χ4n) is 3.22. The third kappa shape index (κ3) is 5.55. The molecule has 1 heterocycles. The molecule has 0 radical (unpaired) electrons. The minimum Gasteiger partial charge on any atom is -0.496 e. The zero-order valence-corrected chi connectivity index (χ0v) is 20.4. The highest BCUT2D eigenvalue weighted by Gasteiger charge is 2.29. The quantitative estimate of drug-likeness (QED) is 0.255. The molecule has 0 saturated heterocycles. The van der Waals surface area contributed by atoms with Crippen LogP contribution in [0.15, 0.2) is 41.3 Å². The largest absolute Gasteiger partial charge is 0.496 e. The number of sulfonamides is 1. The van der Waals surface area contributed by atoms with Gasteiger partial charge in [-0.2, -0.15) is 4.31 Å². The molecule has 33 heavy (non-hydrogen) atoms. The Bertz CT molecular complexity index is 1150. The number of benzene rings is 2. The van der Waals surface area contributed by atoms with Gasteiger partial charge in [0.2, 0.25) is 16.8 Å². The van der Waals surface area contributed by atoms with E-state index in [2.05, 4.69) is 0 Å². The smallest absolute Gasteiger partial charge is 0.246 e. The van der Waals surface area contributed by atoms with Gasteiger partial charge in [0.05, 0.1) is 19.8 Å². The molecule has 11 heteroatoms. The summed E-state index contributed by atoms with van der Waals surface area (Å²) < 4.78 is 48.9. The summed E-state index contributed by atoms with van der Waals surface area (Å²) in [5, 5.41) is 0. The predicted molar refractivity (Wildman–Crippen MR) is 126 cm³/mol. The molecular weight excluding hydrogens is 493 g/mol. The monoisotopic (exact) mass is 515 g/mol. The lowest BCUT2D eigenvalue weighted by Gasteiger charge is -2.22. The first-order valence-corrected chi connectivity index (χ1v) is 12.4. The van der Waals surface area contributed by atoms with Gasteiger partial charge in [-0.05, 0) is 29.8 Å². The highest BCUT2D eigenvalue weighted by Crippen LogP contribution is 2.35. The van der Waals surface area contributed by atoms with Crippen LogP contribution >= 0.6 is 23.2 Å². The van der Waals surface area contributed by atoms with E-state index < -0.39 is 15.8 Å². The highest BCUT2D eigenvalue weighted by molar-refractivity contribution is 7.89. The molecule has 0 spiro atoms. The fourth-order valence-corrected chi connectivity index (χ4v) is 5.44. The zero-order chi connectivity index (χ0) is 24.0. The van der Waals surface area contributed by atoms with E-state index in [0.29, 0.717) is 17.1 Å². The van der Waals surface area contributed by atoms with Gasteiger partial charge in [-0.25, -0.2) is 8.42 Å². The van der Waals surface area contributed by atoms with E-state index >= 15 is 0 Å². The second-order valence-electron chi connectivity index (χ2n) is 6.80. The molecule has 0 amide bonds. The highest BCUT2D eigenvalue weighted by atomic mass is 35.5. The third-order valence-corrected chi connectivity index (χ3v) is 7.12. The van der Waals surface area contributed by atoms with Crippen molar-refractivity contribution in [3.05, 3.63) is 47.5 Å². The second-order valence-corrected chi connectivity index (χ2v) is 9.46. The molecule has 1 aliphatic rings. The summed E-state index contributed by atoms with van der Waals surface area (Å²) in [6, 6.07) is 7.87. The lowest BCUT2D eigenvalue weighted by atomic mass is 10.1. The van der Waals surface area contributed by atoms with Crippen molar-refractivity contribution >= 4 is 45.1 Å². The Morgan fingerprint density at radius 2 is 1.70 bits per heavy atom. The summed E-state index contributed by atoms with van der Waals surface area (Å²) >= 11 is 11.6. The predicted octanol–water partition coefficient (Wildman–Crippen LogP) is 3.80. The van der Waals surface area contributed by atoms with E-state index in [0.717, 1.165) is 4.31 Å². The Hall–Kier alpha value is -2.46. The van der Waals surface area contributed by atoms with Crippen molar-refractivity contribution in [3.8, 4) is 23.0 Å². The molecule has 2 aromatic carbocycles. The molecule has 8 nitrogen and oxygen atoms in total. The molecule has 0 atom stereocenters. The summed E-state index contributed by atoms with van der Waals surface area (Å²) in [4.78, 5) is 12.8. The Labute approximate surface area is 202 Å². The van der Waals surface area contributed by atoms with E-state index in [4.69, 9.17) is 42.1 Å². The molecule has 0 saturated carbocycles. The van der Waals surface area contributed by atoms with Gasteiger partial charge in [0, 0.05) is 30.9 Å². The van der Waals surface area contributed by atoms with Gasteiger partial charge in [0.1, 0.15) is 16.4 Å². The van der Waals surface area contributed by atoms with Gasteiger partial charge in [-0.1, -0.05) is 12.1 Å². The Morgan fingerprint density at radius 1 is 1.03 bits per heavy atom. The second kappa shape index (κ2) is 11.1. The summed E-state index contributed by atoms with van der Waals surface area (Å²) in [5.41, 5.74) is 0.772. The number of hydrogen-bond donors (Lipinski definition) is 0. The molecule has 1 aliphatic heterocycles. The zero-order valence-electron chi connectivity index (χ0n) is 18.0. The van der Waals surface area contributed by atoms with Crippen LogP contribution in [0.5, 0.6) is 23.0 Å². The number of halogens is 2. The van der Waals surface area contributed by atoms with Crippen LogP contribution in [-0.2, 0) is 10.0 Å². The molecule has 0 N–H and O–H groups in total. The van der Waals surface area contributed by atoms with E-state index in [1.807, 2.05) is 0 Å². The number of alkyl halides is 2. The maximum atomic E-state index is 13.3. The lowest BCUT2D eigenvalue weighted by molar-refractivity contribution is 0.104. The number of methoxy groups -OCH3 is 2. The minimum absolute atomic E-state index is 0.0392. The SMILES string of the molecule is COc1cc(OC)c(S(=O)(=O)N(CCCl)CCCl)cc1C(=O)/C=C/c1ccc2c(c1)OCO2. The number of allylic oxidation sites excluding steroid dienone is 1. The summed E-state index contributed by atoms with van der Waals surface area (Å²) in [6.07, 6.45) is 2.92. The third-order valence-electron chi connectivity index (χ3n) is 4.86. The van der Waals surface area contributed by atoms with E-state index in [1.54, 1.807) is 24.3 Å². The van der Waals surface area contributed by atoms with Crippen molar-refractivity contribution in [1.82, 2.24) is 4.31 Å². The molecule has 0 aliphatic carbocycles. The fraction of sp³-hybridized carbons (Fsp3) is 0.318. The maximum absolute atomic E-state index is 13.3. The summed E-state index contributed by atoms with van der Waals surface area (Å²) in [5.74, 6) is 1.13. The number of carbonyl (C=O) groups is 1. The van der Waals surface area contributed by atoms with Crippen molar-refractivity contribution in [2.45, 2.75) is 4.90 Å². The van der Waals surface area contributed by atoms with Crippen LogP contribution in [0.3, 0.4) is 0 Å². The van der Waals surface area contributed by atoms with Gasteiger partial charge in [-0.3, -0.25) is 4.79 Å². The topological polar surface area (TPSA) is 91.4 Å². The van der Waals surface area contributed by atoms with Crippen LogP contribution in [0.4, 0.5) is 0 Å². The van der Waals surface area contributed by atoms with Crippen molar-refractivity contribution in [2.75, 3.05) is 45.9 Å². The van der Waals surface area contributed by atoms with Gasteiger partial charge < -0.3 is 18.9 Å². The van der Waals surface area contributed by atoms with Crippen molar-refractivity contribution in [3.63, 3.8) is 0 Å². The van der Waals surface area contributed by atoms with Crippen LogP contribution in [0.2, 0.25) is 0 Å². The minimum atomic E-state index is -4.05. The van der Waals surface area contributed by atoms with Gasteiger partial charge in [0.15, 0.2) is 17.3 Å². The summed E-state index contributed by atoms with van der Waals surface area (Å²) in [6.45, 7) is 0.254. The van der Waals surface area contributed by atoms with E-state index in [1.165, 1.54) is 32.4 Å². The number of rotatable bonds is 11. The Morgan fingerprint density at radius 3 is 2.33 bits per heavy atom. The first kappa shape index (κ1) is 25.2. The molecule has 2 aromatic rings. The Balaban J connectivity index is 1.99. The Kier molecular flexibility index (Phi) is 8.47. The molecule has 0 unspecified atom stereocenters. The average Bonchev–Trinajstić information content (AvgIpc) is 3.29. The molecule has 0 bridgehead atoms. The molecule has 178 valence electrons. The number of ketones is 1. The van der Waals surface area contributed by atoms with Gasteiger partial charge >= 0.3 is 0 Å². The maximum Gasteiger partial charge on any atom is 0.246 e. The van der Waals surface area contributed by atoms with Gasteiger partial charge in [0.25, 0.3) is 0 Å². The van der Waals surface area contributed by atoms with Crippen LogP contribution in [-0.4, -0.2) is 64.4 Å². The average molecular weight is 516 g/mol. The number of fused-ring (bicyclic) bond motifs is 1. The van der Waals surface area contributed by atoms with Crippen molar-refractivity contribution in [2.24, 2.45) is 0 Å².